The van der Waals surface area contributed by atoms with Crippen LogP contribution in [0.2, 0.25) is 0 Å². The molecule has 2 saturated heterocycles. The molecule has 4 rings (SSSR count). The van der Waals surface area contributed by atoms with Crippen molar-refractivity contribution in [2.45, 2.75) is 51.5 Å². The number of amides is 1. The van der Waals surface area contributed by atoms with Gasteiger partial charge in [-0.2, -0.15) is 0 Å². The number of nitrogens with zero attached hydrogens (tertiary/aromatic N) is 5. The molecule has 1 atom stereocenters. The number of aryl methyl sites for hydroxylation is 1. The summed E-state index contributed by atoms with van der Waals surface area (Å²) in [6, 6.07) is 1.88. The first-order valence-corrected chi connectivity index (χ1v) is 10.2. The molecule has 2 fully saturated rings. The van der Waals surface area contributed by atoms with Crippen LogP contribution in [0.15, 0.2) is 12.3 Å². The number of likely N-dealkylation sites (tertiary alicyclic amines) is 2. The van der Waals surface area contributed by atoms with Crippen molar-refractivity contribution in [2.75, 3.05) is 26.2 Å². The molecule has 1 N–H and O–H groups in total. The van der Waals surface area contributed by atoms with Gasteiger partial charge in [0.1, 0.15) is 11.6 Å². The molecule has 4 heterocycles. The van der Waals surface area contributed by atoms with E-state index in [-0.39, 0.29) is 11.8 Å². The summed E-state index contributed by atoms with van der Waals surface area (Å²) in [5, 5.41) is 9.00. The highest BCUT2D eigenvalue weighted by Gasteiger charge is 2.29. The van der Waals surface area contributed by atoms with E-state index in [1.54, 1.807) is 0 Å². The summed E-state index contributed by atoms with van der Waals surface area (Å²) in [5.74, 6) is 2.44. The summed E-state index contributed by atoms with van der Waals surface area (Å²) in [4.78, 5) is 20.4. The molecule has 0 bridgehead atoms. The molecule has 0 aromatic carbocycles. The molecule has 146 valence electrons. The smallest absolute Gasteiger partial charge is 0.255 e. The summed E-state index contributed by atoms with van der Waals surface area (Å²) >= 11 is 0. The van der Waals surface area contributed by atoms with Gasteiger partial charge in [0.2, 0.25) is 0 Å². The van der Waals surface area contributed by atoms with Gasteiger partial charge in [0.15, 0.2) is 0 Å². The predicted octanol–water partition coefficient (Wildman–Crippen LogP) is 2.46. The van der Waals surface area contributed by atoms with Gasteiger partial charge in [0.05, 0.1) is 12.1 Å². The lowest BCUT2D eigenvalue weighted by molar-refractivity contribution is 0.0703. The van der Waals surface area contributed by atoms with Crippen LogP contribution in [0.5, 0.6) is 0 Å². The minimum absolute atomic E-state index is 0.120. The number of carbonyl (C=O) groups excluding carboxylic acids is 1. The third-order valence-electron chi connectivity index (χ3n) is 6.07. The maximum atomic E-state index is 12.9. The molecule has 0 spiro atoms. The van der Waals surface area contributed by atoms with Gasteiger partial charge in [-0.25, -0.2) is 0 Å². The van der Waals surface area contributed by atoms with Crippen LogP contribution in [0.3, 0.4) is 0 Å². The van der Waals surface area contributed by atoms with Crippen molar-refractivity contribution >= 4 is 5.91 Å². The maximum Gasteiger partial charge on any atom is 0.255 e. The van der Waals surface area contributed by atoms with E-state index in [1.165, 1.54) is 19.3 Å². The van der Waals surface area contributed by atoms with Crippen LogP contribution in [0.1, 0.15) is 65.7 Å². The molecular formula is C20H30N6O. The Bertz CT molecular complexity index is 788. The van der Waals surface area contributed by atoms with E-state index < -0.39 is 0 Å². The zero-order valence-corrected chi connectivity index (χ0v) is 16.4. The van der Waals surface area contributed by atoms with Crippen LogP contribution in [-0.4, -0.2) is 61.6 Å². The van der Waals surface area contributed by atoms with E-state index in [1.807, 2.05) is 24.1 Å². The van der Waals surface area contributed by atoms with Crippen molar-refractivity contribution in [1.82, 2.24) is 29.5 Å². The molecule has 1 amide bonds. The number of nitrogens with one attached hydrogen (secondary N) is 1. The number of piperidine rings is 2. The Labute approximate surface area is 160 Å². The zero-order valence-electron chi connectivity index (χ0n) is 16.4. The van der Waals surface area contributed by atoms with E-state index >= 15 is 0 Å². The standard InChI is InChI=1S/C20H30N6O/c1-15-17(8-9-21-15)20(27)26-12-6-7-16(13-26)19-23-22-18(24(19)2)14-25-10-4-3-5-11-25/h8-9,16,21H,3-7,10-14H2,1-2H3/t16-/m0/s1. The molecular weight excluding hydrogens is 340 g/mol. The average molecular weight is 371 g/mol. The van der Waals surface area contributed by atoms with Crippen LogP contribution >= 0.6 is 0 Å². The second-order valence-corrected chi connectivity index (χ2v) is 7.98. The van der Waals surface area contributed by atoms with Gasteiger partial charge in [-0.15, -0.1) is 10.2 Å². The minimum atomic E-state index is 0.120. The normalized spacial score (nSPS) is 21.6. The zero-order chi connectivity index (χ0) is 18.8. The second-order valence-electron chi connectivity index (χ2n) is 7.98. The monoisotopic (exact) mass is 370 g/mol. The third kappa shape index (κ3) is 3.78. The Kier molecular flexibility index (Phi) is 5.29. The molecule has 7 nitrogen and oxygen atoms in total. The van der Waals surface area contributed by atoms with Crippen LogP contribution in [-0.2, 0) is 13.6 Å². The predicted molar refractivity (Wildman–Crippen MR) is 104 cm³/mol. The molecule has 27 heavy (non-hydrogen) atoms. The highest BCUT2D eigenvalue weighted by Crippen LogP contribution is 2.27. The lowest BCUT2D eigenvalue weighted by Crippen LogP contribution is -2.40. The summed E-state index contributed by atoms with van der Waals surface area (Å²) in [6.45, 7) is 6.68. The quantitative estimate of drug-likeness (QED) is 0.897. The number of hydrogen-bond donors (Lipinski definition) is 1. The van der Waals surface area contributed by atoms with Crippen LogP contribution < -0.4 is 0 Å². The van der Waals surface area contributed by atoms with Crippen molar-refractivity contribution in [1.29, 1.82) is 0 Å². The lowest BCUT2D eigenvalue weighted by Gasteiger charge is -2.32. The highest BCUT2D eigenvalue weighted by atomic mass is 16.2. The Morgan fingerprint density at radius 3 is 2.74 bits per heavy atom. The molecule has 0 radical (unpaired) electrons. The molecule has 2 aliphatic heterocycles. The van der Waals surface area contributed by atoms with Gasteiger partial charge >= 0.3 is 0 Å². The summed E-state index contributed by atoms with van der Waals surface area (Å²) < 4.78 is 2.16. The first-order chi connectivity index (χ1) is 13.1. The van der Waals surface area contributed by atoms with Gasteiger partial charge in [-0.1, -0.05) is 6.42 Å². The van der Waals surface area contributed by atoms with Crippen molar-refractivity contribution in [2.24, 2.45) is 7.05 Å². The van der Waals surface area contributed by atoms with Crippen molar-refractivity contribution in [3.8, 4) is 0 Å². The Morgan fingerprint density at radius 2 is 2.00 bits per heavy atom. The van der Waals surface area contributed by atoms with Gasteiger partial charge < -0.3 is 14.5 Å². The van der Waals surface area contributed by atoms with Crippen LogP contribution in [0.25, 0.3) is 0 Å². The molecule has 0 unspecified atom stereocenters. The largest absolute Gasteiger partial charge is 0.365 e. The van der Waals surface area contributed by atoms with Gasteiger partial charge in [-0.3, -0.25) is 9.69 Å². The first-order valence-electron chi connectivity index (χ1n) is 10.2. The minimum Gasteiger partial charge on any atom is -0.365 e. The fraction of sp³-hybridized carbons (Fsp3) is 0.650. The van der Waals surface area contributed by atoms with Gasteiger partial charge in [0, 0.05) is 37.9 Å². The summed E-state index contributed by atoms with van der Waals surface area (Å²) in [5.41, 5.74) is 1.71. The molecule has 2 aliphatic rings. The van der Waals surface area contributed by atoms with Crippen molar-refractivity contribution in [3.05, 3.63) is 35.2 Å². The first kappa shape index (κ1) is 18.2. The third-order valence-corrected chi connectivity index (χ3v) is 6.07. The molecule has 0 saturated carbocycles. The number of hydrogen-bond acceptors (Lipinski definition) is 4. The van der Waals surface area contributed by atoms with E-state index in [4.69, 9.17) is 0 Å². The summed E-state index contributed by atoms with van der Waals surface area (Å²) in [6.07, 6.45) is 7.80. The van der Waals surface area contributed by atoms with Crippen molar-refractivity contribution in [3.63, 3.8) is 0 Å². The van der Waals surface area contributed by atoms with Crippen molar-refractivity contribution < 1.29 is 4.79 Å². The number of aromatic nitrogens is 4. The number of H-pyrrole nitrogens is 1. The number of carbonyl (C=O) groups is 1. The average Bonchev–Trinajstić information content (AvgIpc) is 3.28. The Balaban J connectivity index is 1.45. The van der Waals surface area contributed by atoms with E-state index in [9.17, 15) is 4.79 Å². The summed E-state index contributed by atoms with van der Waals surface area (Å²) in [7, 11) is 2.08. The maximum absolute atomic E-state index is 12.9. The number of aromatic amines is 1. The number of rotatable bonds is 4. The Hall–Kier alpha value is -2.15. The van der Waals surface area contributed by atoms with E-state index in [0.717, 1.165) is 68.5 Å². The van der Waals surface area contributed by atoms with Gasteiger partial charge in [0.25, 0.3) is 5.91 Å². The topological polar surface area (TPSA) is 70.1 Å². The lowest BCUT2D eigenvalue weighted by atomic mass is 9.96. The Morgan fingerprint density at radius 1 is 1.19 bits per heavy atom. The van der Waals surface area contributed by atoms with E-state index in [2.05, 4.69) is 31.7 Å². The molecule has 7 heteroatoms. The fourth-order valence-corrected chi connectivity index (χ4v) is 4.41. The SMILES string of the molecule is Cc1[nH]ccc1C(=O)N1CCC[C@H](c2nnc(CN3CCCCC3)n2C)C1. The van der Waals surface area contributed by atoms with E-state index in [0.29, 0.717) is 0 Å². The molecule has 2 aromatic rings. The van der Waals surface area contributed by atoms with Crippen LogP contribution in [0, 0.1) is 6.92 Å². The molecule has 0 aliphatic carbocycles. The fourth-order valence-electron chi connectivity index (χ4n) is 4.41. The molecule has 2 aromatic heterocycles. The highest BCUT2D eigenvalue weighted by molar-refractivity contribution is 5.95. The second kappa shape index (κ2) is 7.84. The van der Waals surface area contributed by atoms with Gasteiger partial charge in [-0.05, 0) is 51.8 Å². The van der Waals surface area contributed by atoms with Crippen LogP contribution in [0.4, 0.5) is 0 Å².